The van der Waals surface area contributed by atoms with E-state index < -0.39 is 0 Å². The van der Waals surface area contributed by atoms with Crippen LogP contribution in [0.3, 0.4) is 0 Å². The Morgan fingerprint density at radius 1 is 1.53 bits per heavy atom. The molecule has 1 aliphatic rings. The number of methoxy groups -OCH3 is 1. The van der Waals surface area contributed by atoms with Crippen LogP contribution in [0.15, 0.2) is 23.1 Å². The number of amides is 1. The topological polar surface area (TPSA) is 38.3 Å². The Morgan fingerprint density at radius 2 is 2.33 bits per heavy atom. The smallest absolute Gasteiger partial charge is 0.228 e. The Hall–Kier alpha value is -1.16. The molecule has 0 bridgehead atoms. The van der Waals surface area contributed by atoms with Gasteiger partial charge in [-0.2, -0.15) is 0 Å². The molecule has 0 saturated carbocycles. The number of benzene rings is 1. The first kappa shape index (κ1) is 10.4. The number of carbonyl (C=O) groups excluding carboxylic acids is 1. The van der Waals surface area contributed by atoms with E-state index in [2.05, 4.69) is 5.32 Å². The fourth-order valence-electron chi connectivity index (χ4n) is 1.40. The van der Waals surface area contributed by atoms with Crippen molar-refractivity contribution in [2.75, 3.05) is 18.2 Å². The third-order valence-corrected chi connectivity index (χ3v) is 3.70. The SMILES string of the molecule is COc1ccc2c(c1)SCC(C)C(=O)N2. The molecular formula is C11H13NO2S. The standard InChI is InChI=1S/C11H13NO2S/c1-7-6-15-10-5-8(14-2)3-4-9(10)12-11(7)13/h3-5,7H,6H2,1-2H3,(H,12,13). The minimum atomic E-state index is 0.0494. The number of hydrogen-bond donors (Lipinski definition) is 1. The van der Waals surface area contributed by atoms with Crippen molar-refractivity contribution < 1.29 is 9.53 Å². The van der Waals surface area contributed by atoms with Crippen molar-refractivity contribution in [1.82, 2.24) is 0 Å². The van der Waals surface area contributed by atoms with Gasteiger partial charge in [0.15, 0.2) is 0 Å². The first-order valence-corrected chi connectivity index (χ1v) is 5.81. The van der Waals surface area contributed by atoms with Gasteiger partial charge in [-0.05, 0) is 18.2 Å². The van der Waals surface area contributed by atoms with E-state index in [1.165, 1.54) is 0 Å². The van der Waals surface area contributed by atoms with E-state index in [4.69, 9.17) is 4.74 Å². The maximum atomic E-state index is 11.6. The molecule has 1 unspecified atom stereocenters. The van der Waals surface area contributed by atoms with Crippen LogP contribution >= 0.6 is 11.8 Å². The second kappa shape index (κ2) is 4.14. The number of ether oxygens (including phenoxy) is 1. The number of anilines is 1. The molecule has 1 heterocycles. The molecule has 1 atom stereocenters. The molecule has 1 N–H and O–H groups in total. The summed E-state index contributed by atoms with van der Waals surface area (Å²) in [7, 11) is 1.64. The monoisotopic (exact) mass is 223 g/mol. The van der Waals surface area contributed by atoms with Gasteiger partial charge in [-0.3, -0.25) is 4.79 Å². The summed E-state index contributed by atoms with van der Waals surface area (Å²) in [4.78, 5) is 12.7. The average Bonchev–Trinajstić information content (AvgIpc) is 2.39. The lowest BCUT2D eigenvalue weighted by Crippen LogP contribution is -2.20. The second-order valence-corrected chi connectivity index (χ2v) is 4.63. The second-order valence-electron chi connectivity index (χ2n) is 3.56. The lowest BCUT2D eigenvalue weighted by molar-refractivity contribution is -0.118. The van der Waals surface area contributed by atoms with Gasteiger partial charge in [0.2, 0.25) is 5.91 Å². The molecule has 4 heteroatoms. The summed E-state index contributed by atoms with van der Waals surface area (Å²) in [5.74, 6) is 1.77. The van der Waals surface area contributed by atoms with E-state index in [1.54, 1.807) is 18.9 Å². The Labute approximate surface area is 93.2 Å². The van der Waals surface area contributed by atoms with Gasteiger partial charge in [0, 0.05) is 16.6 Å². The highest BCUT2D eigenvalue weighted by Crippen LogP contribution is 2.34. The number of nitrogens with one attached hydrogen (secondary N) is 1. The van der Waals surface area contributed by atoms with E-state index in [1.807, 2.05) is 25.1 Å². The van der Waals surface area contributed by atoms with Crippen LogP contribution in [-0.4, -0.2) is 18.8 Å². The molecular weight excluding hydrogens is 210 g/mol. The normalized spacial score (nSPS) is 20.1. The van der Waals surface area contributed by atoms with Crippen molar-refractivity contribution in [1.29, 1.82) is 0 Å². The largest absolute Gasteiger partial charge is 0.497 e. The Kier molecular flexibility index (Phi) is 2.86. The minimum absolute atomic E-state index is 0.0494. The maximum absolute atomic E-state index is 11.6. The van der Waals surface area contributed by atoms with Crippen molar-refractivity contribution in [3.8, 4) is 5.75 Å². The van der Waals surface area contributed by atoms with E-state index in [0.29, 0.717) is 0 Å². The summed E-state index contributed by atoms with van der Waals surface area (Å²) in [6, 6.07) is 5.70. The van der Waals surface area contributed by atoms with Crippen molar-refractivity contribution in [3.05, 3.63) is 18.2 Å². The summed E-state index contributed by atoms with van der Waals surface area (Å²) >= 11 is 1.69. The Bertz CT molecular complexity index is 392. The van der Waals surface area contributed by atoms with Crippen LogP contribution in [0.4, 0.5) is 5.69 Å². The summed E-state index contributed by atoms with van der Waals surface area (Å²) in [6.45, 7) is 1.94. The summed E-state index contributed by atoms with van der Waals surface area (Å²) in [6.07, 6.45) is 0. The zero-order chi connectivity index (χ0) is 10.8. The van der Waals surface area contributed by atoms with Crippen LogP contribution < -0.4 is 10.1 Å². The van der Waals surface area contributed by atoms with Crippen molar-refractivity contribution in [3.63, 3.8) is 0 Å². The predicted molar refractivity (Wildman–Crippen MR) is 61.5 cm³/mol. The Balaban J connectivity index is 2.34. The van der Waals surface area contributed by atoms with Gasteiger partial charge in [-0.1, -0.05) is 6.92 Å². The van der Waals surface area contributed by atoms with Crippen LogP contribution in [0.1, 0.15) is 6.92 Å². The van der Waals surface area contributed by atoms with E-state index in [0.717, 1.165) is 22.1 Å². The van der Waals surface area contributed by atoms with Gasteiger partial charge < -0.3 is 10.1 Å². The number of carbonyl (C=O) groups is 1. The lowest BCUT2D eigenvalue weighted by Gasteiger charge is -2.07. The van der Waals surface area contributed by atoms with Crippen LogP contribution in [-0.2, 0) is 4.79 Å². The fraction of sp³-hybridized carbons (Fsp3) is 0.364. The van der Waals surface area contributed by atoms with Gasteiger partial charge in [0.05, 0.1) is 12.8 Å². The molecule has 1 aromatic rings. The molecule has 80 valence electrons. The maximum Gasteiger partial charge on any atom is 0.228 e. The molecule has 1 aromatic carbocycles. The van der Waals surface area contributed by atoms with Gasteiger partial charge >= 0.3 is 0 Å². The molecule has 0 radical (unpaired) electrons. The summed E-state index contributed by atoms with van der Waals surface area (Å²) in [5, 5.41) is 2.91. The third kappa shape index (κ3) is 2.09. The summed E-state index contributed by atoms with van der Waals surface area (Å²) < 4.78 is 5.15. The van der Waals surface area contributed by atoms with E-state index >= 15 is 0 Å². The van der Waals surface area contributed by atoms with Crippen LogP contribution in [0.25, 0.3) is 0 Å². The minimum Gasteiger partial charge on any atom is -0.497 e. The van der Waals surface area contributed by atoms with Gasteiger partial charge in [0.1, 0.15) is 5.75 Å². The highest BCUT2D eigenvalue weighted by molar-refractivity contribution is 7.99. The van der Waals surface area contributed by atoms with Crippen LogP contribution in [0, 0.1) is 5.92 Å². The average molecular weight is 223 g/mol. The number of thioether (sulfide) groups is 1. The molecule has 0 aliphatic carbocycles. The molecule has 15 heavy (non-hydrogen) atoms. The zero-order valence-corrected chi connectivity index (χ0v) is 9.56. The predicted octanol–water partition coefficient (Wildman–Crippen LogP) is 2.38. The molecule has 0 spiro atoms. The number of rotatable bonds is 1. The van der Waals surface area contributed by atoms with Crippen molar-refractivity contribution in [2.45, 2.75) is 11.8 Å². The zero-order valence-electron chi connectivity index (χ0n) is 8.74. The first-order chi connectivity index (χ1) is 7.20. The molecule has 0 aromatic heterocycles. The molecule has 0 saturated heterocycles. The lowest BCUT2D eigenvalue weighted by atomic mass is 10.2. The van der Waals surface area contributed by atoms with Crippen LogP contribution in [0.5, 0.6) is 5.75 Å². The molecule has 1 amide bonds. The van der Waals surface area contributed by atoms with Gasteiger partial charge in [-0.15, -0.1) is 11.8 Å². The third-order valence-electron chi connectivity index (χ3n) is 2.38. The highest BCUT2D eigenvalue weighted by Gasteiger charge is 2.20. The van der Waals surface area contributed by atoms with E-state index in [9.17, 15) is 4.79 Å². The number of fused-ring (bicyclic) bond motifs is 1. The quantitative estimate of drug-likeness (QED) is 0.794. The van der Waals surface area contributed by atoms with Gasteiger partial charge in [-0.25, -0.2) is 0 Å². The molecule has 2 rings (SSSR count). The van der Waals surface area contributed by atoms with Crippen molar-refractivity contribution in [2.24, 2.45) is 5.92 Å². The molecule has 0 fully saturated rings. The first-order valence-electron chi connectivity index (χ1n) is 4.82. The summed E-state index contributed by atoms with van der Waals surface area (Å²) in [5.41, 5.74) is 0.884. The number of hydrogen-bond acceptors (Lipinski definition) is 3. The Morgan fingerprint density at radius 3 is 3.07 bits per heavy atom. The molecule has 1 aliphatic heterocycles. The van der Waals surface area contributed by atoms with E-state index in [-0.39, 0.29) is 11.8 Å². The van der Waals surface area contributed by atoms with Gasteiger partial charge in [0.25, 0.3) is 0 Å². The highest BCUT2D eigenvalue weighted by atomic mass is 32.2. The fourth-order valence-corrected chi connectivity index (χ4v) is 2.45. The molecule has 3 nitrogen and oxygen atoms in total. The van der Waals surface area contributed by atoms with Crippen molar-refractivity contribution >= 4 is 23.4 Å². The van der Waals surface area contributed by atoms with Crippen LogP contribution in [0.2, 0.25) is 0 Å².